The zero-order chi connectivity index (χ0) is 12.7. The van der Waals surface area contributed by atoms with Crippen LogP contribution in [0.25, 0.3) is 0 Å². The molecule has 0 fully saturated rings. The third kappa shape index (κ3) is 5.06. The van der Waals surface area contributed by atoms with Gasteiger partial charge in [0.25, 0.3) is 5.91 Å². The van der Waals surface area contributed by atoms with Crippen LogP contribution in [0.4, 0.5) is 0 Å². The second-order valence-electron chi connectivity index (χ2n) is 3.50. The largest absolute Gasteiger partial charge is 0.481 e. The Kier molecular flexibility index (Phi) is 5.80. The quantitative estimate of drug-likeness (QED) is 0.792. The minimum absolute atomic E-state index is 0.169. The maximum atomic E-state index is 11.6. The molecule has 0 saturated carbocycles. The average Bonchev–Trinajstić information content (AvgIpc) is 2.32. The summed E-state index contributed by atoms with van der Waals surface area (Å²) in [7, 11) is 1.58. The number of halogens is 1. The van der Waals surface area contributed by atoms with Crippen molar-refractivity contribution >= 4 is 17.5 Å². The number of hydrogen-bond donors (Lipinski definition) is 1. The molecule has 1 unspecified atom stereocenters. The van der Waals surface area contributed by atoms with Gasteiger partial charge in [0.2, 0.25) is 0 Å². The van der Waals surface area contributed by atoms with E-state index in [1.54, 1.807) is 38.3 Å². The summed E-state index contributed by atoms with van der Waals surface area (Å²) in [5.41, 5.74) is 0. The number of methoxy groups -OCH3 is 1. The average molecular weight is 258 g/mol. The minimum atomic E-state index is -0.548. The van der Waals surface area contributed by atoms with Gasteiger partial charge >= 0.3 is 0 Å². The number of rotatable bonds is 6. The molecular weight excluding hydrogens is 242 g/mol. The van der Waals surface area contributed by atoms with Gasteiger partial charge in [-0.2, -0.15) is 0 Å². The molecule has 17 heavy (non-hydrogen) atoms. The van der Waals surface area contributed by atoms with Gasteiger partial charge in [0.15, 0.2) is 6.10 Å². The molecule has 94 valence electrons. The number of carbonyl (C=O) groups excluding carboxylic acids is 1. The Morgan fingerprint density at radius 3 is 2.65 bits per heavy atom. The molecule has 1 atom stereocenters. The van der Waals surface area contributed by atoms with E-state index in [9.17, 15) is 4.79 Å². The number of carbonyl (C=O) groups is 1. The van der Waals surface area contributed by atoms with Crippen molar-refractivity contribution in [1.82, 2.24) is 5.32 Å². The highest BCUT2D eigenvalue weighted by molar-refractivity contribution is 6.30. The maximum absolute atomic E-state index is 11.6. The Bertz CT molecular complexity index is 353. The van der Waals surface area contributed by atoms with Crippen molar-refractivity contribution in [3.8, 4) is 5.75 Å². The Morgan fingerprint density at radius 1 is 1.41 bits per heavy atom. The lowest BCUT2D eigenvalue weighted by Gasteiger charge is -2.14. The summed E-state index contributed by atoms with van der Waals surface area (Å²) in [5.74, 6) is 0.445. The van der Waals surface area contributed by atoms with Crippen molar-refractivity contribution in [2.75, 3.05) is 20.3 Å². The van der Waals surface area contributed by atoms with Crippen LogP contribution in [0.15, 0.2) is 24.3 Å². The molecule has 0 aliphatic carbocycles. The lowest BCUT2D eigenvalue weighted by Crippen LogP contribution is -2.37. The number of amides is 1. The van der Waals surface area contributed by atoms with Gasteiger partial charge in [-0.1, -0.05) is 11.6 Å². The molecule has 1 N–H and O–H groups in total. The number of nitrogens with one attached hydrogen (secondary N) is 1. The van der Waals surface area contributed by atoms with Crippen LogP contribution in [0.3, 0.4) is 0 Å². The van der Waals surface area contributed by atoms with Gasteiger partial charge in [0.1, 0.15) is 5.75 Å². The topological polar surface area (TPSA) is 47.6 Å². The molecule has 0 saturated heterocycles. The first-order chi connectivity index (χ1) is 8.13. The molecule has 1 aromatic carbocycles. The normalized spacial score (nSPS) is 11.9. The van der Waals surface area contributed by atoms with Crippen molar-refractivity contribution < 1.29 is 14.3 Å². The smallest absolute Gasteiger partial charge is 0.260 e. The van der Waals surface area contributed by atoms with E-state index in [1.165, 1.54) is 0 Å². The van der Waals surface area contributed by atoms with Crippen molar-refractivity contribution in [2.24, 2.45) is 0 Å². The van der Waals surface area contributed by atoms with Crippen LogP contribution in [0.1, 0.15) is 6.92 Å². The van der Waals surface area contributed by atoms with E-state index >= 15 is 0 Å². The molecule has 1 aromatic rings. The van der Waals surface area contributed by atoms with Crippen LogP contribution in [-0.4, -0.2) is 32.3 Å². The van der Waals surface area contributed by atoms with E-state index in [0.29, 0.717) is 23.9 Å². The van der Waals surface area contributed by atoms with E-state index in [4.69, 9.17) is 21.1 Å². The minimum Gasteiger partial charge on any atom is -0.481 e. The van der Waals surface area contributed by atoms with Crippen LogP contribution in [-0.2, 0) is 9.53 Å². The lowest BCUT2D eigenvalue weighted by molar-refractivity contribution is -0.127. The van der Waals surface area contributed by atoms with Crippen LogP contribution < -0.4 is 10.1 Å². The van der Waals surface area contributed by atoms with Gasteiger partial charge in [0.05, 0.1) is 6.61 Å². The zero-order valence-electron chi connectivity index (χ0n) is 9.90. The Hall–Kier alpha value is -1.26. The van der Waals surface area contributed by atoms with Crippen molar-refractivity contribution in [2.45, 2.75) is 13.0 Å². The zero-order valence-corrected chi connectivity index (χ0v) is 10.7. The lowest BCUT2D eigenvalue weighted by atomic mass is 10.3. The summed E-state index contributed by atoms with van der Waals surface area (Å²) in [6.45, 7) is 2.65. The molecule has 0 aliphatic heterocycles. The molecular formula is C12H16ClNO3. The third-order valence-corrected chi connectivity index (χ3v) is 2.35. The Balaban J connectivity index is 2.40. The second-order valence-corrected chi connectivity index (χ2v) is 3.93. The Morgan fingerprint density at radius 2 is 2.06 bits per heavy atom. The van der Waals surface area contributed by atoms with Crippen LogP contribution in [0, 0.1) is 0 Å². The summed E-state index contributed by atoms with van der Waals surface area (Å²) in [5, 5.41) is 3.33. The van der Waals surface area contributed by atoms with Crippen LogP contribution in [0.2, 0.25) is 5.02 Å². The van der Waals surface area contributed by atoms with E-state index < -0.39 is 6.10 Å². The molecule has 5 heteroatoms. The summed E-state index contributed by atoms with van der Waals surface area (Å²) < 4.78 is 10.3. The molecule has 0 aliphatic rings. The van der Waals surface area contributed by atoms with Gasteiger partial charge in [-0.15, -0.1) is 0 Å². The maximum Gasteiger partial charge on any atom is 0.260 e. The van der Waals surface area contributed by atoms with Gasteiger partial charge < -0.3 is 14.8 Å². The highest BCUT2D eigenvalue weighted by atomic mass is 35.5. The van der Waals surface area contributed by atoms with Crippen molar-refractivity contribution in [1.29, 1.82) is 0 Å². The molecule has 0 bridgehead atoms. The fourth-order valence-electron chi connectivity index (χ4n) is 1.19. The van der Waals surface area contributed by atoms with E-state index in [2.05, 4.69) is 5.32 Å². The molecule has 0 radical (unpaired) electrons. The first kappa shape index (κ1) is 13.8. The summed E-state index contributed by atoms with van der Waals surface area (Å²) in [4.78, 5) is 11.6. The fraction of sp³-hybridized carbons (Fsp3) is 0.417. The summed E-state index contributed by atoms with van der Waals surface area (Å²) in [6.07, 6.45) is -0.548. The standard InChI is InChI=1S/C12H16ClNO3/c1-9(12(15)14-7-8-16-2)17-11-5-3-10(13)4-6-11/h3-6,9H,7-8H2,1-2H3,(H,14,15). The van der Waals surface area contributed by atoms with Crippen LogP contribution in [0.5, 0.6) is 5.75 Å². The molecule has 0 aromatic heterocycles. The van der Waals surface area contributed by atoms with E-state index in [-0.39, 0.29) is 5.91 Å². The summed E-state index contributed by atoms with van der Waals surface area (Å²) in [6, 6.07) is 6.88. The predicted molar refractivity (Wildman–Crippen MR) is 66.4 cm³/mol. The van der Waals surface area contributed by atoms with E-state index in [1.807, 2.05) is 0 Å². The highest BCUT2D eigenvalue weighted by Crippen LogP contribution is 2.16. The third-order valence-electron chi connectivity index (χ3n) is 2.10. The van der Waals surface area contributed by atoms with Crippen molar-refractivity contribution in [3.05, 3.63) is 29.3 Å². The predicted octanol–water partition coefficient (Wildman–Crippen LogP) is 1.87. The molecule has 0 spiro atoms. The highest BCUT2D eigenvalue weighted by Gasteiger charge is 2.13. The number of ether oxygens (including phenoxy) is 2. The second kappa shape index (κ2) is 7.14. The molecule has 4 nitrogen and oxygen atoms in total. The van der Waals surface area contributed by atoms with Crippen LogP contribution >= 0.6 is 11.6 Å². The fourth-order valence-corrected chi connectivity index (χ4v) is 1.32. The SMILES string of the molecule is COCCNC(=O)C(C)Oc1ccc(Cl)cc1. The Labute approximate surface area is 106 Å². The monoisotopic (exact) mass is 257 g/mol. The molecule has 0 heterocycles. The van der Waals surface area contributed by atoms with Gasteiger partial charge in [-0.25, -0.2) is 0 Å². The molecule has 1 amide bonds. The van der Waals surface area contributed by atoms with E-state index in [0.717, 1.165) is 0 Å². The number of benzene rings is 1. The van der Waals surface area contributed by atoms with Gasteiger partial charge in [-0.05, 0) is 31.2 Å². The number of hydrogen-bond acceptors (Lipinski definition) is 3. The van der Waals surface area contributed by atoms with Crippen molar-refractivity contribution in [3.63, 3.8) is 0 Å². The molecule has 1 rings (SSSR count). The van der Waals surface area contributed by atoms with Gasteiger partial charge in [0, 0.05) is 18.7 Å². The van der Waals surface area contributed by atoms with Gasteiger partial charge in [-0.3, -0.25) is 4.79 Å². The summed E-state index contributed by atoms with van der Waals surface area (Å²) >= 11 is 5.75. The first-order valence-electron chi connectivity index (χ1n) is 5.32. The first-order valence-corrected chi connectivity index (χ1v) is 5.70.